The Hall–Kier alpha value is -0.180. The van der Waals surface area contributed by atoms with Crippen molar-refractivity contribution >= 4 is 19.3 Å². The van der Waals surface area contributed by atoms with Gasteiger partial charge in [-0.15, -0.1) is 0 Å². The Labute approximate surface area is 208 Å². The van der Waals surface area contributed by atoms with E-state index in [0.717, 1.165) is 5.56 Å². The maximum atomic E-state index is 12.8. The molecule has 2 aromatic rings. The largest absolute Gasteiger partial charge is 1.00 e. The van der Waals surface area contributed by atoms with Gasteiger partial charge in [-0.2, -0.15) is 0 Å². The van der Waals surface area contributed by atoms with Crippen LogP contribution in [0.1, 0.15) is 21.5 Å². The minimum absolute atomic E-state index is 0. The minimum atomic E-state index is -5.06. The predicted molar refractivity (Wildman–Crippen MR) is 94.5 cm³/mol. The van der Waals surface area contributed by atoms with Gasteiger partial charge in [0.1, 0.15) is 5.75 Å². The van der Waals surface area contributed by atoms with E-state index >= 15 is 0 Å². The van der Waals surface area contributed by atoms with Gasteiger partial charge in [0.2, 0.25) is 0 Å². The number of nitrogens with zero attached hydrogens (tertiary/aromatic N) is 1. The van der Waals surface area contributed by atoms with Crippen LogP contribution in [0.5, 0.6) is 5.75 Å². The number of carbonyl (C=O) groups excluding carboxylic acids is 1. The van der Waals surface area contributed by atoms with Crippen molar-refractivity contribution in [2.24, 2.45) is 0 Å². The zero-order valence-corrected chi connectivity index (χ0v) is 21.1. The maximum absolute atomic E-state index is 12.8. The SMILES string of the molecule is Cc1ccc(C(=O)c2ccc(N3CCOCC3)cc2OP(=O)([O-])O)cc1.[Na+].[Na+]. The van der Waals surface area contributed by atoms with E-state index in [1.54, 1.807) is 30.3 Å². The van der Waals surface area contributed by atoms with Gasteiger partial charge in [-0.05, 0) is 19.1 Å². The molecule has 1 atom stereocenters. The summed E-state index contributed by atoms with van der Waals surface area (Å²) in [6.07, 6.45) is 0. The second-order valence-corrected chi connectivity index (χ2v) is 7.15. The van der Waals surface area contributed by atoms with Crippen LogP contribution in [-0.4, -0.2) is 37.0 Å². The minimum Gasteiger partial charge on any atom is -0.746 e. The van der Waals surface area contributed by atoms with E-state index in [1.165, 1.54) is 12.1 Å². The van der Waals surface area contributed by atoms with Gasteiger partial charge in [-0.25, -0.2) is 0 Å². The number of aryl methyl sites for hydroxylation is 1. The molecule has 7 nitrogen and oxygen atoms in total. The first-order chi connectivity index (χ1) is 12.3. The zero-order valence-electron chi connectivity index (χ0n) is 16.3. The molecule has 1 unspecified atom stereocenters. The van der Waals surface area contributed by atoms with E-state index < -0.39 is 7.82 Å². The summed E-state index contributed by atoms with van der Waals surface area (Å²) < 4.78 is 21.3. The topological polar surface area (TPSA) is 99.1 Å². The summed E-state index contributed by atoms with van der Waals surface area (Å²) in [5.41, 5.74) is 2.16. The van der Waals surface area contributed by atoms with Crippen LogP contribution >= 0.6 is 7.82 Å². The van der Waals surface area contributed by atoms with Crippen molar-refractivity contribution < 1.29 is 87.5 Å². The number of hydrogen-bond donors (Lipinski definition) is 1. The normalized spacial score (nSPS) is 15.6. The number of morpholine rings is 1. The Morgan fingerprint density at radius 1 is 1.14 bits per heavy atom. The van der Waals surface area contributed by atoms with Crippen LogP contribution in [0, 0.1) is 6.92 Å². The zero-order chi connectivity index (χ0) is 18.7. The average Bonchev–Trinajstić information content (AvgIpc) is 2.61. The van der Waals surface area contributed by atoms with E-state index in [4.69, 9.17) is 14.2 Å². The fraction of sp³-hybridized carbons (Fsp3) is 0.278. The van der Waals surface area contributed by atoms with Gasteiger partial charge < -0.3 is 23.9 Å². The van der Waals surface area contributed by atoms with Crippen LogP contribution in [0.3, 0.4) is 0 Å². The van der Waals surface area contributed by atoms with Crippen molar-refractivity contribution in [1.29, 1.82) is 0 Å². The van der Waals surface area contributed by atoms with Crippen LogP contribution in [-0.2, 0) is 9.30 Å². The smallest absolute Gasteiger partial charge is 0.746 e. The molecular weight excluding hydrogens is 403 g/mol. The number of benzene rings is 2. The quantitative estimate of drug-likeness (QED) is 0.297. The Morgan fingerprint density at radius 2 is 1.75 bits per heavy atom. The number of phosphoric ester groups is 1. The third-order valence-electron chi connectivity index (χ3n) is 4.11. The van der Waals surface area contributed by atoms with Gasteiger partial charge in [0.15, 0.2) is 5.78 Å². The molecule has 28 heavy (non-hydrogen) atoms. The second-order valence-electron chi connectivity index (χ2n) is 6.03. The molecule has 1 aliphatic rings. The van der Waals surface area contributed by atoms with Gasteiger partial charge >= 0.3 is 66.9 Å². The van der Waals surface area contributed by atoms with E-state index in [-0.39, 0.29) is 76.2 Å². The molecule has 3 rings (SSSR count). The average molecular weight is 422 g/mol. The van der Waals surface area contributed by atoms with Crippen molar-refractivity contribution in [3.05, 3.63) is 59.2 Å². The van der Waals surface area contributed by atoms with Gasteiger partial charge in [-0.1, -0.05) is 29.8 Å². The molecule has 0 amide bonds. The molecular formula is C18H19NNa2O6P+. The van der Waals surface area contributed by atoms with E-state index in [1.807, 2.05) is 11.8 Å². The van der Waals surface area contributed by atoms with Crippen molar-refractivity contribution in [3.63, 3.8) is 0 Å². The van der Waals surface area contributed by atoms with E-state index in [0.29, 0.717) is 37.6 Å². The Morgan fingerprint density at radius 3 is 2.32 bits per heavy atom. The van der Waals surface area contributed by atoms with Crippen LogP contribution in [0.25, 0.3) is 0 Å². The Kier molecular flexibility index (Phi) is 10.4. The molecule has 0 aromatic heterocycles. The molecule has 1 fully saturated rings. The van der Waals surface area contributed by atoms with Crippen molar-refractivity contribution in [2.45, 2.75) is 6.92 Å². The number of ether oxygens (including phenoxy) is 1. The molecule has 0 saturated carbocycles. The number of phosphoric acid groups is 1. The number of carbonyl (C=O) groups is 1. The number of ketones is 1. The summed E-state index contributed by atoms with van der Waals surface area (Å²) in [4.78, 5) is 35.1. The summed E-state index contributed by atoms with van der Waals surface area (Å²) in [7, 11) is -5.06. The number of anilines is 1. The molecule has 1 aliphatic heterocycles. The molecule has 0 radical (unpaired) electrons. The number of rotatable bonds is 5. The molecule has 1 saturated heterocycles. The second kappa shape index (κ2) is 11.3. The van der Waals surface area contributed by atoms with Crippen molar-refractivity contribution in [3.8, 4) is 5.75 Å². The predicted octanol–water partition coefficient (Wildman–Crippen LogP) is -4.09. The fourth-order valence-corrected chi connectivity index (χ4v) is 3.18. The number of hydrogen-bond acceptors (Lipinski definition) is 6. The molecule has 1 N–H and O–H groups in total. The Balaban J connectivity index is 0.00000196. The third-order valence-corrected chi connectivity index (χ3v) is 4.54. The summed E-state index contributed by atoms with van der Waals surface area (Å²) >= 11 is 0. The molecule has 0 aliphatic carbocycles. The molecule has 0 spiro atoms. The molecule has 10 heteroatoms. The first-order valence-electron chi connectivity index (χ1n) is 8.15. The van der Waals surface area contributed by atoms with Gasteiger partial charge in [-0.3, -0.25) is 9.36 Å². The van der Waals surface area contributed by atoms with Crippen molar-refractivity contribution in [1.82, 2.24) is 0 Å². The van der Waals surface area contributed by atoms with Crippen LogP contribution in [0.4, 0.5) is 5.69 Å². The first kappa shape index (κ1) is 25.9. The third kappa shape index (κ3) is 6.96. The summed E-state index contributed by atoms with van der Waals surface area (Å²) in [6.45, 7) is 4.29. The van der Waals surface area contributed by atoms with Gasteiger partial charge in [0, 0.05) is 30.4 Å². The van der Waals surface area contributed by atoms with Crippen molar-refractivity contribution in [2.75, 3.05) is 31.2 Å². The van der Waals surface area contributed by atoms with Crippen LogP contribution < -0.4 is 73.4 Å². The molecule has 138 valence electrons. The summed E-state index contributed by atoms with van der Waals surface area (Å²) in [5.74, 6) is -0.581. The Bertz CT molecular complexity index is 850. The maximum Gasteiger partial charge on any atom is 1.00 e. The summed E-state index contributed by atoms with van der Waals surface area (Å²) in [5, 5.41) is 0. The standard InChI is InChI=1S/C18H20NO6P.2Na/c1-13-2-4-14(5-3-13)18(20)16-7-6-15(19-8-10-24-11-9-19)12-17(16)25-26(21,22)23;;/h2-7,12H,8-11H2,1H3,(H2,21,22,23);;/q;2*+1/p-1. The molecule has 0 bridgehead atoms. The van der Waals surface area contributed by atoms with Crippen LogP contribution in [0.15, 0.2) is 42.5 Å². The molecule has 2 aromatic carbocycles. The first-order valence-corrected chi connectivity index (χ1v) is 9.64. The van der Waals surface area contributed by atoms with E-state index in [9.17, 15) is 14.3 Å². The monoisotopic (exact) mass is 422 g/mol. The van der Waals surface area contributed by atoms with Crippen LogP contribution in [0.2, 0.25) is 0 Å². The summed E-state index contributed by atoms with van der Waals surface area (Å²) in [6, 6.07) is 11.6. The van der Waals surface area contributed by atoms with Gasteiger partial charge in [0.25, 0.3) is 0 Å². The fourth-order valence-electron chi connectivity index (χ4n) is 2.78. The van der Waals surface area contributed by atoms with E-state index in [2.05, 4.69) is 0 Å². The van der Waals surface area contributed by atoms with Gasteiger partial charge in [0.05, 0.1) is 18.8 Å². The molecule has 1 heterocycles.